The highest BCUT2D eigenvalue weighted by Gasteiger charge is 2.19. The summed E-state index contributed by atoms with van der Waals surface area (Å²) in [4.78, 5) is 2.72. The smallest absolute Gasteiger partial charge is 0.0599 e. The molecule has 3 aromatic rings. The molecule has 0 saturated carbocycles. The van der Waals surface area contributed by atoms with E-state index in [0.29, 0.717) is 4.58 Å². The van der Waals surface area contributed by atoms with Crippen LogP contribution in [-0.2, 0) is 6.42 Å². The highest BCUT2D eigenvalue weighted by atomic mass is 32.2. The average Bonchev–Trinajstić information content (AvgIpc) is 2.79. The Morgan fingerprint density at radius 3 is 1.77 bits per heavy atom. The Morgan fingerprint density at radius 2 is 1.23 bits per heavy atom. The lowest BCUT2D eigenvalue weighted by Gasteiger charge is -2.23. The van der Waals surface area contributed by atoms with Crippen molar-refractivity contribution in [2.45, 2.75) is 52.9 Å². The van der Waals surface area contributed by atoms with E-state index >= 15 is 0 Å². The third-order valence-electron chi connectivity index (χ3n) is 5.25. The van der Waals surface area contributed by atoms with Gasteiger partial charge in [0, 0.05) is 9.79 Å². The first kappa shape index (κ1) is 22.8. The summed E-state index contributed by atoms with van der Waals surface area (Å²) >= 11 is 4.02. The second kappa shape index (κ2) is 13.4. The molecule has 3 rings (SSSR count). The predicted octanol–water partition coefficient (Wildman–Crippen LogP) is 8.89. The normalized spacial score (nSPS) is 12.0. The van der Waals surface area contributed by atoms with E-state index in [9.17, 15) is 0 Å². The standard InChI is InChI=1S/C28H32S2/c1-2-3-14-25(18-13-17-24-15-7-4-8-16-24)23-28(29-26-19-9-5-10-20-26)30-27-21-11-6-12-22-27/h2,4-12,15-16,19-22,25,28H,1,3,13-14,17-18,23H2. The van der Waals surface area contributed by atoms with Crippen molar-refractivity contribution in [1.82, 2.24) is 0 Å². The summed E-state index contributed by atoms with van der Waals surface area (Å²) in [6.45, 7) is 3.96. The van der Waals surface area contributed by atoms with Crippen molar-refractivity contribution in [1.29, 1.82) is 0 Å². The lowest BCUT2D eigenvalue weighted by molar-refractivity contribution is 0.425. The van der Waals surface area contributed by atoms with E-state index in [1.807, 2.05) is 23.5 Å². The van der Waals surface area contributed by atoms with Gasteiger partial charge in [-0.1, -0.05) is 79.2 Å². The van der Waals surface area contributed by atoms with Crippen LogP contribution in [0.1, 0.15) is 37.7 Å². The quantitative estimate of drug-likeness (QED) is 0.150. The second-order valence-electron chi connectivity index (χ2n) is 7.64. The Bertz CT molecular complexity index is 789. The fourth-order valence-corrected chi connectivity index (χ4v) is 6.50. The maximum atomic E-state index is 3.96. The van der Waals surface area contributed by atoms with Gasteiger partial charge in [-0.25, -0.2) is 0 Å². The van der Waals surface area contributed by atoms with Crippen LogP contribution in [0.3, 0.4) is 0 Å². The molecule has 0 N–H and O–H groups in total. The van der Waals surface area contributed by atoms with Crippen LogP contribution < -0.4 is 0 Å². The number of allylic oxidation sites excluding steroid dienone is 1. The molecule has 3 aromatic carbocycles. The van der Waals surface area contributed by atoms with Crippen molar-refractivity contribution in [3.8, 4) is 0 Å². The van der Waals surface area contributed by atoms with E-state index in [1.165, 1.54) is 47.5 Å². The maximum Gasteiger partial charge on any atom is 0.0599 e. The van der Waals surface area contributed by atoms with Gasteiger partial charge in [-0.3, -0.25) is 0 Å². The summed E-state index contributed by atoms with van der Waals surface area (Å²) < 4.78 is 0.515. The van der Waals surface area contributed by atoms with Crippen molar-refractivity contribution in [3.05, 3.63) is 109 Å². The van der Waals surface area contributed by atoms with Gasteiger partial charge in [-0.15, -0.1) is 30.1 Å². The van der Waals surface area contributed by atoms with Gasteiger partial charge >= 0.3 is 0 Å². The molecule has 1 unspecified atom stereocenters. The third kappa shape index (κ3) is 8.45. The van der Waals surface area contributed by atoms with Crippen LogP contribution in [0.5, 0.6) is 0 Å². The van der Waals surface area contributed by atoms with Gasteiger partial charge in [0.1, 0.15) is 0 Å². The van der Waals surface area contributed by atoms with Gasteiger partial charge < -0.3 is 0 Å². The molecular formula is C28H32S2. The summed E-state index contributed by atoms with van der Waals surface area (Å²) in [6.07, 6.45) is 9.35. The van der Waals surface area contributed by atoms with E-state index in [-0.39, 0.29) is 0 Å². The molecule has 0 aliphatic rings. The van der Waals surface area contributed by atoms with E-state index in [2.05, 4.69) is 104 Å². The van der Waals surface area contributed by atoms with Gasteiger partial charge in [-0.2, -0.15) is 0 Å². The second-order valence-corrected chi connectivity index (χ2v) is 10.5. The van der Waals surface area contributed by atoms with Crippen LogP contribution in [0.15, 0.2) is 113 Å². The highest BCUT2D eigenvalue weighted by molar-refractivity contribution is 8.17. The minimum absolute atomic E-state index is 0.515. The number of benzene rings is 3. The van der Waals surface area contributed by atoms with Crippen molar-refractivity contribution in [2.24, 2.45) is 5.92 Å². The zero-order chi connectivity index (χ0) is 20.9. The van der Waals surface area contributed by atoms with E-state index in [4.69, 9.17) is 0 Å². The Labute approximate surface area is 191 Å². The molecule has 0 saturated heterocycles. The molecule has 0 nitrogen and oxygen atoms in total. The van der Waals surface area contributed by atoms with Gasteiger partial charge in [0.05, 0.1) is 4.58 Å². The number of hydrogen-bond donors (Lipinski definition) is 0. The topological polar surface area (TPSA) is 0 Å². The minimum atomic E-state index is 0.515. The zero-order valence-corrected chi connectivity index (χ0v) is 19.3. The monoisotopic (exact) mass is 432 g/mol. The van der Waals surface area contributed by atoms with Gasteiger partial charge in [-0.05, 0) is 67.9 Å². The lowest BCUT2D eigenvalue weighted by Crippen LogP contribution is -2.09. The summed E-state index contributed by atoms with van der Waals surface area (Å²) in [6, 6.07) is 32.6. The average molecular weight is 433 g/mol. The highest BCUT2D eigenvalue weighted by Crippen LogP contribution is 2.40. The Morgan fingerprint density at radius 1 is 0.700 bits per heavy atom. The molecule has 2 heteroatoms. The van der Waals surface area contributed by atoms with Crippen LogP contribution >= 0.6 is 23.5 Å². The predicted molar refractivity (Wildman–Crippen MR) is 135 cm³/mol. The molecule has 0 aromatic heterocycles. The molecule has 156 valence electrons. The first-order valence-electron chi connectivity index (χ1n) is 10.9. The number of hydrogen-bond acceptors (Lipinski definition) is 2. The summed E-state index contributed by atoms with van der Waals surface area (Å²) in [5.74, 6) is 0.726. The van der Waals surface area contributed by atoms with Crippen LogP contribution in [0.25, 0.3) is 0 Å². The lowest BCUT2D eigenvalue weighted by atomic mass is 9.93. The third-order valence-corrected chi connectivity index (χ3v) is 7.82. The van der Waals surface area contributed by atoms with Gasteiger partial charge in [0.15, 0.2) is 0 Å². The number of thioether (sulfide) groups is 2. The first-order valence-corrected chi connectivity index (χ1v) is 12.7. The van der Waals surface area contributed by atoms with Crippen molar-refractivity contribution in [2.75, 3.05) is 0 Å². The van der Waals surface area contributed by atoms with Crippen LogP contribution in [0.2, 0.25) is 0 Å². The van der Waals surface area contributed by atoms with Crippen LogP contribution in [0, 0.1) is 5.92 Å². The fourth-order valence-electron chi connectivity index (χ4n) is 3.67. The largest absolute Gasteiger partial charge is 0.111 e. The molecule has 0 aliphatic carbocycles. The number of rotatable bonds is 13. The van der Waals surface area contributed by atoms with Crippen molar-refractivity contribution < 1.29 is 0 Å². The fraction of sp³-hybridized carbons (Fsp3) is 0.286. The van der Waals surface area contributed by atoms with Crippen molar-refractivity contribution >= 4 is 23.5 Å². The van der Waals surface area contributed by atoms with E-state index < -0.39 is 0 Å². The minimum Gasteiger partial charge on any atom is -0.111 e. The molecule has 0 bridgehead atoms. The molecule has 0 radical (unpaired) electrons. The first-order chi connectivity index (χ1) is 14.8. The zero-order valence-electron chi connectivity index (χ0n) is 17.7. The Hall–Kier alpha value is -1.90. The van der Waals surface area contributed by atoms with Crippen LogP contribution in [0.4, 0.5) is 0 Å². The molecule has 30 heavy (non-hydrogen) atoms. The van der Waals surface area contributed by atoms with Crippen LogP contribution in [-0.4, -0.2) is 4.58 Å². The molecule has 0 fully saturated rings. The maximum absolute atomic E-state index is 3.96. The molecule has 0 spiro atoms. The molecule has 1 atom stereocenters. The van der Waals surface area contributed by atoms with Crippen molar-refractivity contribution in [3.63, 3.8) is 0 Å². The van der Waals surface area contributed by atoms with Gasteiger partial charge in [0.25, 0.3) is 0 Å². The SMILES string of the molecule is C=CCCC(CCCc1ccccc1)CC(Sc1ccccc1)Sc1ccccc1. The summed E-state index contributed by atoms with van der Waals surface area (Å²) in [5.41, 5.74) is 1.45. The Kier molecular flexibility index (Phi) is 10.2. The summed E-state index contributed by atoms with van der Waals surface area (Å²) in [5, 5.41) is 0. The molecule has 0 aliphatic heterocycles. The van der Waals surface area contributed by atoms with E-state index in [1.54, 1.807) is 0 Å². The van der Waals surface area contributed by atoms with Gasteiger partial charge in [0.2, 0.25) is 0 Å². The molecular weight excluding hydrogens is 400 g/mol. The van der Waals surface area contributed by atoms with E-state index in [0.717, 1.165) is 12.3 Å². The molecule has 0 amide bonds. The Balaban J connectivity index is 1.64. The summed E-state index contributed by atoms with van der Waals surface area (Å²) in [7, 11) is 0. The molecule has 0 heterocycles. The number of aryl methyl sites for hydroxylation is 1.